The van der Waals surface area contributed by atoms with Gasteiger partial charge in [-0.05, 0) is 24.1 Å². The second kappa shape index (κ2) is 5.70. The topological polar surface area (TPSA) is 115 Å². The van der Waals surface area contributed by atoms with Crippen LogP contribution in [0.3, 0.4) is 0 Å². The summed E-state index contributed by atoms with van der Waals surface area (Å²) in [7, 11) is -3.64. The van der Waals surface area contributed by atoms with Crippen LogP contribution < -0.4 is 10.5 Å². The normalized spacial score (nSPS) is 11.7. The van der Waals surface area contributed by atoms with Gasteiger partial charge < -0.3 is 5.32 Å². The highest BCUT2D eigenvalue weighted by Gasteiger charge is 2.07. The van der Waals surface area contributed by atoms with Gasteiger partial charge in [-0.2, -0.15) is 0 Å². The summed E-state index contributed by atoms with van der Waals surface area (Å²) in [4.78, 5) is 4.34. The van der Waals surface area contributed by atoms with Gasteiger partial charge in [-0.15, -0.1) is 10.2 Å². The summed E-state index contributed by atoms with van der Waals surface area (Å²) in [6.07, 6.45) is 5.75. The van der Waals surface area contributed by atoms with Gasteiger partial charge in [0.15, 0.2) is 5.82 Å². The molecule has 0 aliphatic carbocycles. The summed E-state index contributed by atoms with van der Waals surface area (Å²) in [5, 5.41) is 16.1. The van der Waals surface area contributed by atoms with Crippen molar-refractivity contribution in [2.45, 2.75) is 11.3 Å². The van der Waals surface area contributed by atoms with Crippen LogP contribution in [0.25, 0.3) is 5.65 Å². The van der Waals surface area contributed by atoms with E-state index in [1.165, 1.54) is 12.1 Å². The van der Waals surface area contributed by atoms with Crippen LogP contribution >= 0.6 is 0 Å². The van der Waals surface area contributed by atoms with Gasteiger partial charge in [0, 0.05) is 18.9 Å². The number of anilines is 1. The molecule has 0 aliphatic heterocycles. The highest BCUT2D eigenvalue weighted by Crippen LogP contribution is 2.11. The van der Waals surface area contributed by atoms with Gasteiger partial charge in [-0.1, -0.05) is 12.1 Å². The number of sulfonamides is 1. The van der Waals surface area contributed by atoms with Crippen molar-refractivity contribution >= 4 is 21.5 Å². The van der Waals surface area contributed by atoms with Gasteiger partial charge in [0.05, 0.1) is 4.90 Å². The van der Waals surface area contributed by atoms with Crippen LogP contribution in [-0.2, 0) is 16.4 Å². The van der Waals surface area contributed by atoms with E-state index in [0.717, 1.165) is 5.56 Å². The number of hydrogen-bond donors (Lipinski definition) is 2. The summed E-state index contributed by atoms with van der Waals surface area (Å²) in [5.74, 6) is 0.654. The summed E-state index contributed by atoms with van der Waals surface area (Å²) in [6, 6.07) is 6.49. The zero-order chi connectivity index (χ0) is 15.6. The molecule has 8 nitrogen and oxygen atoms in total. The minimum absolute atomic E-state index is 0.110. The van der Waals surface area contributed by atoms with Crippen LogP contribution in [0.4, 0.5) is 5.82 Å². The molecule has 0 amide bonds. The second-order valence-electron chi connectivity index (χ2n) is 4.70. The molecule has 0 saturated carbocycles. The molecule has 0 aliphatic rings. The lowest BCUT2D eigenvalue weighted by atomic mass is 10.1. The Hall–Kier alpha value is -2.52. The second-order valence-corrected chi connectivity index (χ2v) is 6.26. The molecular formula is C13H14N6O2S. The largest absolute Gasteiger partial charge is 0.367 e. The maximum absolute atomic E-state index is 11.2. The Morgan fingerprint density at radius 3 is 2.73 bits per heavy atom. The van der Waals surface area contributed by atoms with E-state index in [1.807, 2.05) is 0 Å². The number of nitrogens with one attached hydrogen (secondary N) is 1. The SMILES string of the molecule is NS(=O)(=O)c1ccc(CCNc2nccn3cnnc23)cc1. The van der Waals surface area contributed by atoms with E-state index in [2.05, 4.69) is 20.5 Å². The fourth-order valence-electron chi connectivity index (χ4n) is 2.05. The van der Waals surface area contributed by atoms with E-state index in [4.69, 9.17) is 5.14 Å². The van der Waals surface area contributed by atoms with E-state index in [-0.39, 0.29) is 4.90 Å². The molecule has 2 heterocycles. The lowest BCUT2D eigenvalue weighted by molar-refractivity contribution is 0.598. The molecule has 0 unspecified atom stereocenters. The summed E-state index contributed by atoms with van der Waals surface area (Å²) in [5.41, 5.74) is 1.65. The Morgan fingerprint density at radius 1 is 1.23 bits per heavy atom. The monoisotopic (exact) mass is 318 g/mol. The molecule has 2 aromatic heterocycles. The van der Waals surface area contributed by atoms with Crippen molar-refractivity contribution < 1.29 is 8.42 Å². The van der Waals surface area contributed by atoms with Crippen LogP contribution in [0.2, 0.25) is 0 Å². The average Bonchev–Trinajstić information content (AvgIpc) is 2.96. The average molecular weight is 318 g/mol. The number of fused-ring (bicyclic) bond motifs is 1. The van der Waals surface area contributed by atoms with Crippen LogP contribution in [0.1, 0.15) is 5.56 Å². The van der Waals surface area contributed by atoms with Crippen molar-refractivity contribution in [1.29, 1.82) is 0 Å². The quantitative estimate of drug-likeness (QED) is 0.704. The number of nitrogens with zero attached hydrogens (tertiary/aromatic N) is 4. The first-order valence-corrected chi connectivity index (χ1v) is 8.08. The molecule has 0 atom stereocenters. The minimum atomic E-state index is -3.64. The van der Waals surface area contributed by atoms with Gasteiger partial charge >= 0.3 is 0 Å². The zero-order valence-corrected chi connectivity index (χ0v) is 12.4. The third-order valence-electron chi connectivity index (χ3n) is 3.17. The molecule has 114 valence electrons. The molecule has 0 radical (unpaired) electrons. The summed E-state index contributed by atoms with van der Waals surface area (Å²) < 4.78 is 24.1. The van der Waals surface area contributed by atoms with Crippen molar-refractivity contribution in [3.63, 3.8) is 0 Å². The van der Waals surface area contributed by atoms with E-state index in [9.17, 15) is 8.42 Å². The molecule has 0 fully saturated rings. The molecule has 3 rings (SSSR count). The van der Waals surface area contributed by atoms with Gasteiger partial charge in [0.1, 0.15) is 6.33 Å². The van der Waals surface area contributed by atoms with Crippen molar-refractivity contribution in [2.75, 3.05) is 11.9 Å². The van der Waals surface area contributed by atoms with Gasteiger partial charge in [-0.3, -0.25) is 4.40 Å². The molecule has 22 heavy (non-hydrogen) atoms. The van der Waals surface area contributed by atoms with E-state index in [1.54, 1.807) is 35.3 Å². The molecule has 9 heteroatoms. The Bertz CT molecular complexity index is 888. The predicted octanol–water partition coefficient (Wildman–Crippen LogP) is 0.426. The first-order valence-electron chi connectivity index (χ1n) is 6.54. The van der Waals surface area contributed by atoms with Crippen molar-refractivity contribution in [2.24, 2.45) is 5.14 Å². The molecular weight excluding hydrogens is 304 g/mol. The maximum atomic E-state index is 11.2. The Morgan fingerprint density at radius 2 is 2.00 bits per heavy atom. The highest BCUT2D eigenvalue weighted by molar-refractivity contribution is 7.89. The van der Waals surface area contributed by atoms with Crippen molar-refractivity contribution in [3.8, 4) is 0 Å². The zero-order valence-electron chi connectivity index (χ0n) is 11.5. The fourth-order valence-corrected chi connectivity index (χ4v) is 2.57. The number of rotatable bonds is 5. The molecule has 0 bridgehead atoms. The molecule has 3 aromatic rings. The van der Waals surface area contributed by atoms with E-state index >= 15 is 0 Å². The predicted molar refractivity (Wildman–Crippen MR) is 80.8 cm³/mol. The Balaban J connectivity index is 1.65. The lowest BCUT2D eigenvalue weighted by Crippen LogP contribution is -2.12. The van der Waals surface area contributed by atoms with Gasteiger partial charge in [0.25, 0.3) is 0 Å². The van der Waals surface area contributed by atoms with Crippen molar-refractivity contribution in [3.05, 3.63) is 48.5 Å². The molecule has 0 spiro atoms. The lowest BCUT2D eigenvalue weighted by Gasteiger charge is -2.06. The van der Waals surface area contributed by atoms with Crippen LogP contribution in [0.5, 0.6) is 0 Å². The number of benzene rings is 1. The van der Waals surface area contributed by atoms with Crippen LogP contribution in [0.15, 0.2) is 47.9 Å². The summed E-state index contributed by atoms with van der Waals surface area (Å²) >= 11 is 0. The first kappa shape index (κ1) is 14.4. The number of hydrogen-bond acceptors (Lipinski definition) is 6. The standard InChI is InChI=1S/C13H14N6O2S/c14-22(20,21)11-3-1-10(2-4-11)5-6-15-12-13-18-17-9-19(13)8-7-16-12/h1-4,7-9H,5-6H2,(H,15,16)(H2,14,20,21). The van der Waals surface area contributed by atoms with Gasteiger partial charge in [-0.25, -0.2) is 18.5 Å². The third kappa shape index (κ3) is 3.05. The highest BCUT2D eigenvalue weighted by atomic mass is 32.2. The van der Waals surface area contributed by atoms with Gasteiger partial charge in [0.2, 0.25) is 15.7 Å². The molecule has 0 saturated heterocycles. The van der Waals surface area contributed by atoms with Crippen molar-refractivity contribution in [1.82, 2.24) is 19.6 Å². The fraction of sp³-hybridized carbons (Fsp3) is 0.154. The molecule has 3 N–H and O–H groups in total. The maximum Gasteiger partial charge on any atom is 0.238 e. The molecule has 1 aromatic carbocycles. The number of primary sulfonamides is 1. The minimum Gasteiger partial charge on any atom is -0.367 e. The number of aromatic nitrogens is 4. The Kier molecular flexibility index (Phi) is 3.73. The smallest absolute Gasteiger partial charge is 0.238 e. The summed E-state index contributed by atoms with van der Waals surface area (Å²) in [6.45, 7) is 0.633. The van der Waals surface area contributed by atoms with E-state index < -0.39 is 10.0 Å². The van der Waals surface area contributed by atoms with Crippen LogP contribution in [0, 0.1) is 0 Å². The van der Waals surface area contributed by atoms with Crippen LogP contribution in [-0.4, -0.2) is 34.5 Å². The third-order valence-corrected chi connectivity index (χ3v) is 4.10. The Labute approximate surface area is 127 Å². The van der Waals surface area contributed by atoms with E-state index in [0.29, 0.717) is 24.4 Å². The number of nitrogens with two attached hydrogens (primary N) is 1. The first-order chi connectivity index (χ1) is 10.5.